The number of carbonyl (C=O) groups is 1. The molecule has 0 saturated carbocycles. The molecule has 2 aromatic heterocycles. The van der Waals surface area contributed by atoms with Gasteiger partial charge in [-0.2, -0.15) is 5.26 Å². The Balaban J connectivity index is 1.67. The van der Waals surface area contributed by atoms with Crippen LogP contribution in [0.25, 0.3) is 11.3 Å². The molecular formula is C21H19N7O2. The number of anilines is 3. The van der Waals surface area contributed by atoms with Crippen molar-refractivity contribution in [2.45, 2.75) is 6.42 Å². The fourth-order valence-corrected chi connectivity index (χ4v) is 3.16. The number of ether oxygens (including phenoxy) is 1. The van der Waals surface area contributed by atoms with E-state index in [2.05, 4.69) is 26.7 Å². The van der Waals surface area contributed by atoms with Crippen molar-refractivity contribution < 1.29 is 9.53 Å². The maximum Gasteiger partial charge on any atom is 0.328 e. The number of carbonyl (C=O) groups excluding carboxylic acids is 1. The number of fused-ring (bicyclic) bond motifs is 1. The minimum absolute atomic E-state index is 0.337. The highest BCUT2D eigenvalue weighted by atomic mass is 16.5. The fraction of sp³-hybridized carbons (Fsp3) is 0.190. The highest BCUT2D eigenvalue weighted by Gasteiger charge is 2.24. The van der Waals surface area contributed by atoms with Crippen LogP contribution in [0.2, 0.25) is 0 Å². The summed E-state index contributed by atoms with van der Waals surface area (Å²) in [5.74, 6) is 1.21. The predicted molar refractivity (Wildman–Crippen MR) is 112 cm³/mol. The van der Waals surface area contributed by atoms with E-state index in [1.807, 2.05) is 24.3 Å². The molecule has 1 aromatic carbocycles. The molecule has 30 heavy (non-hydrogen) atoms. The van der Waals surface area contributed by atoms with Gasteiger partial charge in [0.25, 0.3) is 0 Å². The normalized spacial score (nSPS) is 12.7. The summed E-state index contributed by atoms with van der Waals surface area (Å²) in [5, 5.41) is 15.3. The van der Waals surface area contributed by atoms with Gasteiger partial charge in [-0.15, -0.1) is 0 Å². The Hall–Kier alpha value is -4.19. The quantitative estimate of drug-likeness (QED) is 0.692. The minimum Gasteiger partial charge on any atom is -0.481 e. The van der Waals surface area contributed by atoms with Crippen LogP contribution in [0.1, 0.15) is 12.0 Å². The van der Waals surface area contributed by atoms with E-state index in [-0.39, 0.29) is 6.03 Å². The van der Waals surface area contributed by atoms with Crippen LogP contribution in [-0.4, -0.2) is 41.2 Å². The standard InChI is InChI=1S/C21H19N7O2/c1-30-19-11-18(24-13-25-19)27-21(29)28-9-3-8-23-17-7-6-16(26-20(17)28)15-5-2-4-14(10-15)12-22/h2,4-7,10-11,13,23H,3,8-9H2,1H3,(H,24,25,27,29). The van der Waals surface area contributed by atoms with Gasteiger partial charge in [0.05, 0.1) is 30.1 Å². The van der Waals surface area contributed by atoms with Crippen LogP contribution in [0.5, 0.6) is 5.88 Å². The second-order valence-corrected chi connectivity index (χ2v) is 6.57. The molecule has 4 rings (SSSR count). The molecule has 9 nitrogen and oxygen atoms in total. The van der Waals surface area contributed by atoms with Crippen LogP contribution in [-0.2, 0) is 0 Å². The fourth-order valence-electron chi connectivity index (χ4n) is 3.16. The third kappa shape index (κ3) is 3.98. The molecular weight excluding hydrogens is 382 g/mol. The zero-order chi connectivity index (χ0) is 20.9. The lowest BCUT2D eigenvalue weighted by Crippen LogP contribution is -2.36. The van der Waals surface area contributed by atoms with Crippen molar-refractivity contribution >= 4 is 23.4 Å². The first-order valence-electron chi connectivity index (χ1n) is 9.38. The molecule has 0 atom stereocenters. The topological polar surface area (TPSA) is 116 Å². The molecule has 0 aliphatic carbocycles. The molecule has 1 aliphatic rings. The Morgan fingerprint density at radius 1 is 1.27 bits per heavy atom. The van der Waals surface area contributed by atoms with Crippen molar-refractivity contribution in [3.8, 4) is 23.2 Å². The second-order valence-electron chi connectivity index (χ2n) is 6.57. The van der Waals surface area contributed by atoms with Crippen molar-refractivity contribution in [2.75, 3.05) is 35.7 Å². The van der Waals surface area contributed by atoms with Crippen molar-refractivity contribution in [2.24, 2.45) is 0 Å². The van der Waals surface area contributed by atoms with Gasteiger partial charge < -0.3 is 10.1 Å². The van der Waals surface area contributed by atoms with Crippen LogP contribution in [0.3, 0.4) is 0 Å². The zero-order valence-electron chi connectivity index (χ0n) is 16.3. The van der Waals surface area contributed by atoms with E-state index in [9.17, 15) is 4.79 Å². The molecule has 0 unspecified atom stereocenters. The first-order chi connectivity index (χ1) is 14.7. The van der Waals surface area contributed by atoms with Gasteiger partial charge in [-0.1, -0.05) is 12.1 Å². The number of nitrogens with one attached hydrogen (secondary N) is 2. The highest BCUT2D eigenvalue weighted by molar-refractivity contribution is 6.02. The summed E-state index contributed by atoms with van der Waals surface area (Å²) in [4.78, 5) is 27.4. The first-order valence-corrected chi connectivity index (χ1v) is 9.38. The summed E-state index contributed by atoms with van der Waals surface area (Å²) in [6, 6.07) is 14.3. The summed E-state index contributed by atoms with van der Waals surface area (Å²) in [6.07, 6.45) is 2.08. The van der Waals surface area contributed by atoms with Crippen molar-refractivity contribution in [3.05, 3.63) is 54.4 Å². The number of nitriles is 1. The summed E-state index contributed by atoms with van der Waals surface area (Å²) in [7, 11) is 1.50. The molecule has 0 radical (unpaired) electrons. The molecule has 9 heteroatoms. The Kier molecular flexibility index (Phi) is 5.39. The molecule has 1 aliphatic heterocycles. The summed E-state index contributed by atoms with van der Waals surface area (Å²) < 4.78 is 5.08. The number of amides is 2. The van der Waals surface area contributed by atoms with Gasteiger partial charge >= 0.3 is 6.03 Å². The third-order valence-corrected chi connectivity index (χ3v) is 4.62. The van der Waals surface area contributed by atoms with E-state index in [4.69, 9.17) is 15.0 Å². The molecule has 0 spiro atoms. The van der Waals surface area contributed by atoms with E-state index in [1.54, 1.807) is 23.1 Å². The lowest BCUT2D eigenvalue weighted by Gasteiger charge is -2.22. The maximum atomic E-state index is 13.0. The number of nitrogens with zero attached hydrogens (tertiary/aromatic N) is 5. The van der Waals surface area contributed by atoms with Gasteiger partial charge in [0.2, 0.25) is 5.88 Å². The number of methoxy groups -OCH3 is 1. The maximum absolute atomic E-state index is 13.0. The SMILES string of the molecule is COc1cc(NC(=O)N2CCCNc3ccc(-c4cccc(C#N)c4)nc32)ncn1. The second kappa shape index (κ2) is 8.45. The lowest BCUT2D eigenvalue weighted by atomic mass is 10.1. The average Bonchev–Trinajstić information content (AvgIpc) is 3.01. The monoisotopic (exact) mass is 401 g/mol. The first kappa shape index (κ1) is 19.1. The van der Waals surface area contributed by atoms with Crippen LogP contribution >= 0.6 is 0 Å². The van der Waals surface area contributed by atoms with Gasteiger partial charge in [-0.3, -0.25) is 10.2 Å². The molecule has 2 N–H and O–H groups in total. The zero-order valence-corrected chi connectivity index (χ0v) is 16.3. The van der Waals surface area contributed by atoms with Crippen molar-refractivity contribution in [1.82, 2.24) is 15.0 Å². The van der Waals surface area contributed by atoms with Gasteiger partial charge in [0, 0.05) is 24.7 Å². The Morgan fingerprint density at radius 2 is 2.17 bits per heavy atom. The number of hydrogen-bond donors (Lipinski definition) is 2. The molecule has 2 amide bonds. The molecule has 3 aromatic rings. The summed E-state index contributed by atoms with van der Waals surface area (Å²) in [5.41, 5.74) is 2.80. The Bertz CT molecular complexity index is 1130. The molecule has 0 saturated heterocycles. The number of hydrogen-bond acceptors (Lipinski definition) is 7. The number of benzene rings is 1. The van der Waals surface area contributed by atoms with Crippen LogP contribution in [0, 0.1) is 11.3 Å². The van der Waals surface area contributed by atoms with E-state index < -0.39 is 0 Å². The Morgan fingerprint density at radius 3 is 3.00 bits per heavy atom. The lowest BCUT2D eigenvalue weighted by molar-refractivity contribution is 0.256. The number of aromatic nitrogens is 3. The molecule has 0 fully saturated rings. The largest absolute Gasteiger partial charge is 0.481 e. The van der Waals surface area contributed by atoms with Crippen LogP contribution < -0.4 is 20.3 Å². The molecule has 0 bridgehead atoms. The van der Waals surface area contributed by atoms with Gasteiger partial charge in [-0.05, 0) is 30.7 Å². The van der Waals surface area contributed by atoms with Gasteiger partial charge in [0.15, 0.2) is 5.82 Å². The minimum atomic E-state index is -0.351. The van der Waals surface area contributed by atoms with Crippen molar-refractivity contribution in [3.63, 3.8) is 0 Å². The van der Waals surface area contributed by atoms with E-state index in [0.29, 0.717) is 35.3 Å². The molecule has 150 valence electrons. The van der Waals surface area contributed by atoms with Gasteiger partial charge in [-0.25, -0.2) is 19.7 Å². The highest BCUT2D eigenvalue weighted by Crippen LogP contribution is 2.30. The summed E-state index contributed by atoms with van der Waals surface area (Å²) in [6.45, 7) is 1.21. The molecule has 3 heterocycles. The van der Waals surface area contributed by atoms with E-state index in [0.717, 1.165) is 24.2 Å². The van der Waals surface area contributed by atoms with Gasteiger partial charge in [0.1, 0.15) is 12.1 Å². The van der Waals surface area contributed by atoms with E-state index >= 15 is 0 Å². The van der Waals surface area contributed by atoms with Crippen molar-refractivity contribution in [1.29, 1.82) is 5.26 Å². The predicted octanol–water partition coefficient (Wildman–Crippen LogP) is 3.27. The number of rotatable bonds is 3. The number of urea groups is 1. The average molecular weight is 401 g/mol. The summed E-state index contributed by atoms with van der Waals surface area (Å²) >= 11 is 0. The third-order valence-electron chi connectivity index (χ3n) is 4.62. The Labute approximate surface area is 173 Å². The van der Waals surface area contributed by atoms with E-state index in [1.165, 1.54) is 13.4 Å². The number of pyridine rings is 1. The smallest absolute Gasteiger partial charge is 0.328 e. The van der Waals surface area contributed by atoms with Crippen LogP contribution in [0.4, 0.5) is 22.1 Å². The van der Waals surface area contributed by atoms with Crippen LogP contribution in [0.15, 0.2) is 48.8 Å².